The minimum Gasteiger partial charge on any atom is -0.478 e. The summed E-state index contributed by atoms with van der Waals surface area (Å²) >= 11 is 7.99. The second-order valence-corrected chi connectivity index (χ2v) is 23.0. The minimum atomic E-state index is -3.71. The maximum absolute atomic E-state index is 14.9. The van der Waals surface area contributed by atoms with E-state index in [1.165, 1.54) is 6.07 Å². The molecule has 3 saturated heterocycles. The first-order valence-electron chi connectivity index (χ1n) is 24.8. The smallest absolute Gasteiger partial charge is 0.338 e. The van der Waals surface area contributed by atoms with Crippen molar-refractivity contribution in [1.29, 1.82) is 0 Å². The molecule has 14 nitrogen and oxygen atoms in total. The van der Waals surface area contributed by atoms with Crippen molar-refractivity contribution in [1.82, 2.24) is 9.47 Å². The number of halogens is 1. The second-order valence-electron chi connectivity index (χ2n) is 19.2. The van der Waals surface area contributed by atoms with Crippen LogP contribution in [0.3, 0.4) is 0 Å². The van der Waals surface area contributed by atoms with Crippen molar-refractivity contribution in [3.05, 3.63) is 148 Å². The fourth-order valence-corrected chi connectivity index (χ4v) is 13.8. The zero-order valence-electron chi connectivity index (χ0n) is 41.0. The third-order valence-corrected chi connectivity index (χ3v) is 18.3. The molecule has 1 aromatic heterocycles. The molecule has 0 bridgehead atoms. The average molecular weight is 1030 g/mol. The SMILES string of the molecule is Cc1c(C(=O)O)c(-c2cccc(N3CCN(c4ccc(N5CCO[P@@]5(=O)c5ccc(N[C@H](CCN6CCC(CO)CC6)CSc6ccccc6)c([N+](=O)[O-])c5)cc4)CC3)c2)c(-c2ccc(Cl)cc2)n1C(C)C. The van der Waals surface area contributed by atoms with E-state index in [4.69, 9.17) is 16.1 Å². The number of anilines is 4. The van der Waals surface area contributed by atoms with Crippen molar-refractivity contribution < 1.29 is 29.0 Å². The third-order valence-electron chi connectivity index (χ3n) is 14.3. The number of thioether (sulfide) groups is 1. The van der Waals surface area contributed by atoms with Crippen LogP contribution in [-0.4, -0.2) is 108 Å². The number of aliphatic hydroxyl groups is 1. The van der Waals surface area contributed by atoms with Crippen molar-refractivity contribution in [2.24, 2.45) is 5.92 Å². The van der Waals surface area contributed by atoms with Crippen molar-refractivity contribution in [2.45, 2.75) is 57.0 Å². The van der Waals surface area contributed by atoms with Gasteiger partial charge in [0.25, 0.3) is 5.69 Å². The van der Waals surface area contributed by atoms with Crippen molar-refractivity contribution in [3.8, 4) is 22.4 Å². The zero-order chi connectivity index (χ0) is 50.5. The van der Waals surface area contributed by atoms with Gasteiger partial charge in [0.05, 0.1) is 34.6 Å². The topological polar surface area (TPSA) is 157 Å². The Labute approximate surface area is 431 Å². The fraction of sp³-hybridized carbons (Fsp3) is 0.364. The molecular formula is C55H63ClN7O7PS. The Balaban J connectivity index is 0.882. The Kier molecular flexibility index (Phi) is 16.0. The zero-order valence-corrected chi connectivity index (χ0v) is 43.5. The predicted octanol–water partition coefficient (Wildman–Crippen LogP) is 11.3. The van der Waals surface area contributed by atoms with Crippen LogP contribution in [0.2, 0.25) is 5.02 Å². The maximum Gasteiger partial charge on any atom is 0.338 e. The Bertz CT molecular complexity index is 2910. The first-order chi connectivity index (χ1) is 34.8. The van der Waals surface area contributed by atoms with Crippen LogP contribution in [0.25, 0.3) is 22.4 Å². The molecule has 5 aromatic carbocycles. The number of piperazine rings is 1. The van der Waals surface area contributed by atoms with Gasteiger partial charge in [-0.1, -0.05) is 54.1 Å². The molecule has 0 saturated carbocycles. The molecule has 0 radical (unpaired) electrons. The van der Waals surface area contributed by atoms with Gasteiger partial charge < -0.3 is 39.3 Å². The molecule has 0 amide bonds. The number of likely N-dealkylation sites (tertiary alicyclic amines) is 1. The number of rotatable bonds is 18. The highest BCUT2D eigenvalue weighted by Crippen LogP contribution is 2.56. The summed E-state index contributed by atoms with van der Waals surface area (Å²) in [5.41, 5.74) is 7.23. The number of aromatic carboxylic acids is 1. The number of carboxylic acids is 1. The van der Waals surface area contributed by atoms with Gasteiger partial charge in [-0.25, -0.2) is 4.79 Å². The van der Waals surface area contributed by atoms with Gasteiger partial charge in [0, 0.05) is 101 Å². The van der Waals surface area contributed by atoms with Gasteiger partial charge in [-0.15, -0.1) is 11.8 Å². The molecule has 0 aliphatic carbocycles. The lowest BCUT2D eigenvalue weighted by molar-refractivity contribution is -0.383. The summed E-state index contributed by atoms with van der Waals surface area (Å²) in [6, 6.07) is 38.5. The summed E-state index contributed by atoms with van der Waals surface area (Å²) in [7, 11) is -3.71. The number of nitro benzene ring substituents is 1. The van der Waals surface area contributed by atoms with Crippen LogP contribution in [-0.2, 0) is 9.09 Å². The van der Waals surface area contributed by atoms with Crippen molar-refractivity contribution in [3.63, 3.8) is 0 Å². The fourth-order valence-electron chi connectivity index (χ4n) is 10.5. The number of hydrogen-bond acceptors (Lipinski definition) is 11. The van der Waals surface area contributed by atoms with E-state index in [-0.39, 0.29) is 36.3 Å². The average Bonchev–Trinajstić information content (AvgIpc) is 3.95. The predicted molar refractivity (Wildman–Crippen MR) is 292 cm³/mol. The summed E-state index contributed by atoms with van der Waals surface area (Å²) in [5.74, 6) is 0.0748. The van der Waals surface area contributed by atoms with Gasteiger partial charge in [0.1, 0.15) is 5.69 Å². The number of nitrogens with one attached hydrogen (secondary N) is 1. The lowest BCUT2D eigenvalue weighted by Crippen LogP contribution is -2.46. The van der Waals surface area contributed by atoms with E-state index in [0.717, 1.165) is 98.2 Å². The molecule has 6 aromatic rings. The molecule has 4 heterocycles. The lowest BCUT2D eigenvalue weighted by atomic mass is 9.96. The standard InChI is InChI=1S/C55H63ClN7O7PS/c1-38(2)62-39(3)52(55(65)66)53(54(62)41-12-14-43(56)15-13-41)42-8-7-9-47(34-42)60-30-28-59(29-31-60)45-16-18-46(19-17-45)61-32-33-70-71(61,69)48-20-21-50(51(35-48)63(67)68)57-44(37-72-49-10-5-4-6-11-49)24-27-58-25-22-40(36-64)23-26-58/h4-21,34-35,38,40,44,57,64H,22-33,36-37H2,1-3H3,(H,65,66)/t44-,71+/m1/s1. The Morgan fingerprint density at radius 1 is 0.847 bits per heavy atom. The van der Waals surface area contributed by atoms with E-state index in [1.807, 2.05) is 85.8 Å². The highest BCUT2D eigenvalue weighted by Gasteiger charge is 2.41. The first-order valence-corrected chi connectivity index (χ1v) is 27.8. The summed E-state index contributed by atoms with van der Waals surface area (Å²) in [6.07, 6.45) is 2.70. The Morgan fingerprint density at radius 2 is 1.53 bits per heavy atom. The molecule has 3 fully saturated rings. The van der Waals surface area contributed by atoms with Gasteiger partial charge in [-0.2, -0.15) is 0 Å². The molecular weight excluding hydrogens is 969 g/mol. The number of hydrogen-bond donors (Lipinski definition) is 3. The molecule has 0 spiro atoms. The Morgan fingerprint density at radius 3 is 2.18 bits per heavy atom. The monoisotopic (exact) mass is 1030 g/mol. The summed E-state index contributed by atoms with van der Waals surface area (Å²) in [5, 5.41) is 37.3. The van der Waals surface area contributed by atoms with E-state index in [1.54, 1.807) is 28.6 Å². The van der Waals surface area contributed by atoms with Crippen molar-refractivity contribution >= 4 is 70.6 Å². The van der Waals surface area contributed by atoms with E-state index < -0.39 is 18.4 Å². The van der Waals surface area contributed by atoms with Crippen molar-refractivity contribution in [2.75, 3.05) is 91.1 Å². The van der Waals surface area contributed by atoms with E-state index in [2.05, 4.69) is 62.7 Å². The highest BCUT2D eigenvalue weighted by atomic mass is 35.5. The number of aromatic nitrogens is 1. The molecule has 17 heteroatoms. The minimum absolute atomic E-state index is 0.0164. The number of benzene rings is 5. The van der Waals surface area contributed by atoms with Gasteiger partial charge in [-0.3, -0.25) is 19.3 Å². The number of carbonyl (C=O) groups is 1. The van der Waals surface area contributed by atoms with Crippen LogP contribution < -0.4 is 25.1 Å². The molecule has 378 valence electrons. The summed E-state index contributed by atoms with van der Waals surface area (Å²) in [4.78, 5) is 33.4. The van der Waals surface area contributed by atoms with Crippen LogP contribution in [0.1, 0.15) is 55.2 Å². The molecule has 3 aliphatic rings. The number of aliphatic hydroxyl groups excluding tert-OH is 1. The van der Waals surface area contributed by atoms with Gasteiger partial charge in [0.15, 0.2) is 0 Å². The van der Waals surface area contributed by atoms with E-state index in [0.29, 0.717) is 51.4 Å². The largest absolute Gasteiger partial charge is 0.478 e. The maximum atomic E-state index is 14.9. The number of carboxylic acid groups (broad SMARTS) is 1. The van der Waals surface area contributed by atoms with Gasteiger partial charge >= 0.3 is 13.5 Å². The quantitative estimate of drug-likeness (QED) is 0.0324. The third kappa shape index (κ3) is 11.1. The lowest BCUT2D eigenvalue weighted by Gasteiger charge is -2.37. The first kappa shape index (κ1) is 51.1. The molecule has 3 N–H and O–H groups in total. The van der Waals surface area contributed by atoms with Crippen LogP contribution >= 0.6 is 30.9 Å². The Hall–Kier alpha value is -5.80. The normalized spacial score (nSPS) is 18.2. The van der Waals surface area contributed by atoms with Gasteiger partial charge in [0.2, 0.25) is 0 Å². The summed E-state index contributed by atoms with van der Waals surface area (Å²) in [6.45, 7) is 12.4. The second kappa shape index (κ2) is 22.5. The number of piperidine rings is 1. The van der Waals surface area contributed by atoms with Gasteiger partial charge in [-0.05, 0) is 143 Å². The summed E-state index contributed by atoms with van der Waals surface area (Å²) < 4.78 is 24.8. The molecule has 72 heavy (non-hydrogen) atoms. The number of nitrogens with zero attached hydrogens (tertiary/aromatic N) is 6. The molecule has 2 atom stereocenters. The highest BCUT2D eigenvalue weighted by molar-refractivity contribution is 7.99. The van der Waals surface area contributed by atoms with Crippen LogP contribution in [0.4, 0.5) is 28.4 Å². The van der Waals surface area contributed by atoms with E-state index >= 15 is 0 Å². The van der Waals surface area contributed by atoms with Crippen LogP contribution in [0, 0.1) is 23.0 Å². The molecule has 0 unspecified atom stereocenters. The molecule has 9 rings (SSSR count). The molecule has 3 aliphatic heterocycles. The van der Waals surface area contributed by atoms with Crippen LogP contribution in [0.5, 0.6) is 0 Å². The van der Waals surface area contributed by atoms with E-state index in [9.17, 15) is 29.7 Å². The number of nitro groups is 1. The van der Waals surface area contributed by atoms with Crippen LogP contribution in [0.15, 0.2) is 126 Å².